The Balaban J connectivity index is 1.62. The van der Waals surface area contributed by atoms with Crippen molar-refractivity contribution in [2.24, 2.45) is 0 Å². The second-order valence-corrected chi connectivity index (χ2v) is 5.74. The standard InChI is InChI=1S/C16H21N3O3/c1-22-16(21)18-9-4-6-13(11-18)17-15(20)19-10-8-12-5-2-3-7-14(12)19/h2-3,5,7,13H,4,6,8-11H2,1H3,(H,17,20). The number of urea groups is 1. The molecule has 0 aliphatic carbocycles. The van der Waals surface area contributed by atoms with Crippen LogP contribution in [0.1, 0.15) is 18.4 Å². The predicted octanol–water partition coefficient (Wildman–Crippen LogP) is 1.99. The molecule has 0 saturated carbocycles. The van der Waals surface area contributed by atoms with E-state index in [-0.39, 0.29) is 18.2 Å². The number of anilines is 1. The molecule has 0 spiro atoms. The van der Waals surface area contributed by atoms with E-state index in [1.54, 1.807) is 9.80 Å². The molecule has 118 valence electrons. The normalized spacial score (nSPS) is 20.5. The minimum absolute atomic E-state index is 0.0203. The Kier molecular flexibility index (Phi) is 4.18. The minimum Gasteiger partial charge on any atom is -0.453 e. The number of amides is 3. The van der Waals surface area contributed by atoms with Crippen LogP contribution in [-0.2, 0) is 11.2 Å². The molecular formula is C16H21N3O3. The predicted molar refractivity (Wildman–Crippen MR) is 83.0 cm³/mol. The highest BCUT2D eigenvalue weighted by Crippen LogP contribution is 2.27. The molecule has 6 nitrogen and oxygen atoms in total. The van der Waals surface area contributed by atoms with Crippen LogP contribution in [0, 0.1) is 0 Å². The van der Waals surface area contributed by atoms with Crippen LogP contribution in [-0.4, -0.2) is 49.8 Å². The molecule has 3 amide bonds. The first-order valence-electron chi connectivity index (χ1n) is 7.68. The summed E-state index contributed by atoms with van der Waals surface area (Å²) in [5.41, 5.74) is 2.19. The number of fused-ring (bicyclic) bond motifs is 1. The number of piperidine rings is 1. The lowest BCUT2D eigenvalue weighted by molar-refractivity contribution is 0.108. The first kappa shape index (κ1) is 14.7. The van der Waals surface area contributed by atoms with E-state index in [0.717, 1.165) is 24.9 Å². The Morgan fingerprint density at radius 3 is 2.91 bits per heavy atom. The van der Waals surface area contributed by atoms with Gasteiger partial charge in [0, 0.05) is 31.4 Å². The van der Waals surface area contributed by atoms with Crippen LogP contribution >= 0.6 is 0 Å². The molecular weight excluding hydrogens is 282 g/mol. The van der Waals surface area contributed by atoms with Crippen LogP contribution in [0.3, 0.4) is 0 Å². The molecule has 2 aliphatic rings. The molecule has 2 heterocycles. The van der Waals surface area contributed by atoms with Crippen LogP contribution < -0.4 is 10.2 Å². The van der Waals surface area contributed by atoms with Crippen LogP contribution in [0.5, 0.6) is 0 Å². The molecule has 0 aromatic heterocycles. The summed E-state index contributed by atoms with van der Waals surface area (Å²) in [6.45, 7) is 1.90. The molecule has 2 aliphatic heterocycles. The summed E-state index contributed by atoms with van der Waals surface area (Å²) in [6.07, 6.45) is 2.32. The number of hydrogen-bond donors (Lipinski definition) is 1. The molecule has 0 radical (unpaired) electrons. The Bertz CT molecular complexity index is 576. The fourth-order valence-electron chi connectivity index (χ4n) is 3.19. The Morgan fingerprint density at radius 2 is 2.09 bits per heavy atom. The van der Waals surface area contributed by atoms with Gasteiger partial charge in [-0.2, -0.15) is 0 Å². The van der Waals surface area contributed by atoms with Gasteiger partial charge in [-0.05, 0) is 30.9 Å². The summed E-state index contributed by atoms with van der Waals surface area (Å²) in [6, 6.07) is 7.88. The second-order valence-electron chi connectivity index (χ2n) is 5.74. The van der Waals surface area contributed by atoms with E-state index in [4.69, 9.17) is 4.74 Å². The van der Waals surface area contributed by atoms with Crippen molar-refractivity contribution < 1.29 is 14.3 Å². The lowest BCUT2D eigenvalue weighted by Crippen LogP contribution is -2.52. The highest BCUT2D eigenvalue weighted by Gasteiger charge is 2.29. The van der Waals surface area contributed by atoms with E-state index in [1.807, 2.05) is 18.2 Å². The van der Waals surface area contributed by atoms with Gasteiger partial charge in [0.2, 0.25) is 0 Å². The molecule has 1 fully saturated rings. The number of methoxy groups -OCH3 is 1. The van der Waals surface area contributed by atoms with E-state index in [1.165, 1.54) is 12.7 Å². The number of hydrogen-bond acceptors (Lipinski definition) is 3. The third-order valence-electron chi connectivity index (χ3n) is 4.31. The fraction of sp³-hybridized carbons (Fsp3) is 0.500. The van der Waals surface area contributed by atoms with Gasteiger partial charge in [-0.3, -0.25) is 4.90 Å². The van der Waals surface area contributed by atoms with Gasteiger partial charge in [0.25, 0.3) is 0 Å². The molecule has 1 atom stereocenters. The van der Waals surface area contributed by atoms with Gasteiger partial charge in [0.1, 0.15) is 0 Å². The Hall–Kier alpha value is -2.24. The molecule has 0 bridgehead atoms. The molecule has 1 unspecified atom stereocenters. The van der Waals surface area contributed by atoms with Crippen molar-refractivity contribution in [1.82, 2.24) is 10.2 Å². The molecule has 1 aromatic carbocycles. The minimum atomic E-state index is -0.328. The molecule has 1 aromatic rings. The summed E-state index contributed by atoms with van der Waals surface area (Å²) >= 11 is 0. The van der Waals surface area contributed by atoms with Gasteiger partial charge in [0.15, 0.2) is 0 Å². The highest BCUT2D eigenvalue weighted by atomic mass is 16.5. The average molecular weight is 303 g/mol. The van der Waals surface area contributed by atoms with Crippen LogP contribution in [0.2, 0.25) is 0 Å². The van der Waals surface area contributed by atoms with E-state index in [2.05, 4.69) is 11.4 Å². The Labute approximate surface area is 130 Å². The van der Waals surface area contributed by atoms with Gasteiger partial charge < -0.3 is 15.0 Å². The van der Waals surface area contributed by atoms with Gasteiger partial charge in [-0.15, -0.1) is 0 Å². The first-order chi connectivity index (χ1) is 10.7. The van der Waals surface area contributed by atoms with Crippen molar-refractivity contribution in [3.05, 3.63) is 29.8 Å². The third-order valence-corrected chi connectivity index (χ3v) is 4.31. The van der Waals surface area contributed by atoms with Gasteiger partial charge in [-0.25, -0.2) is 9.59 Å². The van der Waals surface area contributed by atoms with E-state index < -0.39 is 0 Å². The highest BCUT2D eigenvalue weighted by molar-refractivity contribution is 5.94. The molecule has 22 heavy (non-hydrogen) atoms. The average Bonchev–Trinajstić information content (AvgIpc) is 2.98. The molecule has 1 N–H and O–H groups in total. The number of rotatable bonds is 1. The van der Waals surface area contributed by atoms with Crippen molar-refractivity contribution >= 4 is 17.8 Å². The van der Waals surface area contributed by atoms with E-state index in [0.29, 0.717) is 19.6 Å². The lowest BCUT2D eigenvalue weighted by atomic mass is 10.1. The monoisotopic (exact) mass is 303 g/mol. The topological polar surface area (TPSA) is 61.9 Å². The van der Waals surface area contributed by atoms with E-state index >= 15 is 0 Å². The van der Waals surface area contributed by atoms with Crippen LogP contribution in [0.4, 0.5) is 15.3 Å². The van der Waals surface area contributed by atoms with Crippen LogP contribution in [0.15, 0.2) is 24.3 Å². The quantitative estimate of drug-likeness (QED) is 0.863. The fourth-order valence-corrected chi connectivity index (χ4v) is 3.19. The number of nitrogens with one attached hydrogen (secondary N) is 1. The maximum absolute atomic E-state index is 12.5. The number of nitrogens with zero attached hydrogens (tertiary/aromatic N) is 2. The number of carbonyl (C=O) groups excluding carboxylic acids is 2. The van der Waals surface area contributed by atoms with Crippen molar-refractivity contribution in [3.8, 4) is 0 Å². The van der Waals surface area contributed by atoms with Crippen molar-refractivity contribution in [1.29, 1.82) is 0 Å². The van der Waals surface area contributed by atoms with Crippen LogP contribution in [0.25, 0.3) is 0 Å². The molecule has 6 heteroatoms. The maximum Gasteiger partial charge on any atom is 0.409 e. The zero-order valence-corrected chi connectivity index (χ0v) is 12.7. The zero-order valence-electron chi connectivity index (χ0n) is 12.7. The summed E-state index contributed by atoms with van der Waals surface area (Å²) in [7, 11) is 1.38. The van der Waals surface area contributed by atoms with Gasteiger partial charge in [-0.1, -0.05) is 18.2 Å². The summed E-state index contributed by atoms with van der Waals surface area (Å²) in [5, 5.41) is 3.05. The summed E-state index contributed by atoms with van der Waals surface area (Å²) in [5.74, 6) is 0. The number of para-hydroxylation sites is 1. The lowest BCUT2D eigenvalue weighted by Gasteiger charge is -2.33. The van der Waals surface area contributed by atoms with Crippen molar-refractivity contribution in [2.45, 2.75) is 25.3 Å². The second kappa shape index (κ2) is 6.25. The maximum atomic E-state index is 12.5. The Morgan fingerprint density at radius 1 is 1.27 bits per heavy atom. The number of benzene rings is 1. The van der Waals surface area contributed by atoms with Gasteiger partial charge in [0.05, 0.1) is 7.11 Å². The number of likely N-dealkylation sites (tertiary alicyclic amines) is 1. The molecule has 1 saturated heterocycles. The van der Waals surface area contributed by atoms with Crippen molar-refractivity contribution in [3.63, 3.8) is 0 Å². The number of carbonyl (C=O) groups is 2. The SMILES string of the molecule is COC(=O)N1CCCC(NC(=O)N2CCc3ccccc32)C1. The van der Waals surface area contributed by atoms with E-state index in [9.17, 15) is 9.59 Å². The van der Waals surface area contributed by atoms with Crippen molar-refractivity contribution in [2.75, 3.05) is 31.6 Å². The molecule has 3 rings (SSSR count). The zero-order chi connectivity index (χ0) is 15.5. The number of ether oxygens (including phenoxy) is 1. The first-order valence-corrected chi connectivity index (χ1v) is 7.68. The van der Waals surface area contributed by atoms with Gasteiger partial charge >= 0.3 is 12.1 Å². The summed E-state index contributed by atoms with van der Waals surface area (Å²) < 4.78 is 4.75. The third kappa shape index (κ3) is 2.86. The smallest absolute Gasteiger partial charge is 0.409 e. The summed E-state index contributed by atoms with van der Waals surface area (Å²) in [4.78, 5) is 27.5. The largest absolute Gasteiger partial charge is 0.453 e.